The van der Waals surface area contributed by atoms with Crippen LogP contribution in [-0.2, 0) is 6.54 Å². The second-order valence-electron chi connectivity index (χ2n) is 6.14. The van der Waals surface area contributed by atoms with Crippen LogP contribution in [-0.4, -0.2) is 31.1 Å². The van der Waals surface area contributed by atoms with E-state index in [1.165, 1.54) is 48.1 Å². The van der Waals surface area contributed by atoms with Crippen molar-refractivity contribution >= 4 is 0 Å². The van der Waals surface area contributed by atoms with E-state index in [2.05, 4.69) is 50.2 Å². The normalized spacial score (nSPS) is 20.7. The van der Waals surface area contributed by atoms with E-state index in [9.17, 15) is 0 Å². The summed E-state index contributed by atoms with van der Waals surface area (Å²) in [5.41, 5.74) is 5.68. The van der Waals surface area contributed by atoms with Crippen LogP contribution in [0.2, 0.25) is 0 Å². The molecule has 0 spiro atoms. The first-order valence-electron chi connectivity index (χ1n) is 7.55. The monoisotopic (exact) mass is 260 g/mol. The van der Waals surface area contributed by atoms with Crippen LogP contribution in [0.15, 0.2) is 12.1 Å². The molecule has 2 rings (SSSR count). The van der Waals surface area contributed by atoms with Gasteiger partial charge in [-0.15, -0.1) is 0 Å². The van der Waals surface area contributed by atoms with Crippen molar-refractivity contribution in [2.24, 2.45) is 0 Å². The molecule has 0 aromatic heterocycles. The Bertz CT molecular complexity index is 402. The van der Waals surface area contributed by atoms with Crippen molar-refractivity contribution in [1.82, 2.24) is 10.2 Å². The number of rotatable bonds is 4. The van der Waals surface area contributed by atoms with Crippen LogP contribution in [0.25, 0.3) is 0 Å². The van der Waals surface area contributed by atoms with Gasteiger partial charge in [-0.3, -0.25) is 0 Å². The number of nitrogens with one attached hydrogen (secondary N) is 1. The molecular formula is C17H28N2. The van der Waals surface area contributed by atoms with E-state index in [1.54, 1.807) is 0 Å². The Morgan fingerprint density at radius 2 is 1.84 bits per heavy atom. The van der Waals surface area contributed by atoms with Crippen LogP contribution in [0, 0.1) is 20.8 Å². The largest absolute Gasteiger partial charge is 0.311 e. The lowest BCUT2D eigenvalue weighted by molar-refractivity contribution is 0.181. The molecular weight excluding hydrogens is 232 g/mol. The average molecular weight is 260 g/mol. The zero-order valence-corrected chi connectivity index (χ0v) is 12.9. The molecule has 1 N–H and O–H groups in total. The number of hydrogen-bond acceptors (Lipinski definition) is 2. The minimum atomic E-state index is 0.722. The molecule has 2 heteroatoms. The zero-order valence-electron chi connectivity index (χ0n) is 12.9. The van der Waals surface area contributed by atoms with Gasteiger partial charge in [-0.25, -0.2) is 0 Å². The van der Waals surface area contributed by atoms with Gasteiger partial charge in [0.25, 0.3) is 0 Å². The summed E-state index contributed by atoms with van der Waals surface area (Å²) < 4.78 is 0. The molecule has 0 bridgehead atoms. The van der Waals surface area contributed by atoms with E-state index in [1.807, 2.05) is 0 Å². The van der Waals surface area contributed by atoms with Crippen molar-refractivity contribution in [1.29, 1.82) is 0 Å². The SMILES string of the molecule is Cc1cc(C)c(CNCC2CCCCN2C)c(C)c1. The van der Waals surface area contributed by atoms with Gasteiger partial charge in [0.05, 0.1) is 0 Å². The van der Waals surface area contributed by atoms with Gasteiger partial charge in [0.15, 0.2) is 0 Å². The average Bonchev–Trinajstić information content (AvgIpc) is 2.34. The summed E-state index contributed by atoms with van der Waals surface area (Å²) >= 11 is 0. The van der Waals surface area contributed by atoms with Crippen LogP contribution in [0.1, 0.15) is 41.5 Å². The highest BCUT2D eigenvalue weighted by Crippen LogP contribution is 2.17. The van der Waals surface area contributed by atoms with Crippen molar-refractivity contribution in [2.75, 3.05) is 20.1 Å². The lowest BCUT2D eigenvalue weighted by Gasteiger charge is -2.32. The molecule has 1 unspecified atom stereocenters. The summed E-state index contributed by atoms with van der Waals surface area (Å²) in [6.45, 7) is 10.0. The quantitative estimate of drug-likeness (QED) is 0.894. The second kappa shape index (κ2) is 6.53. The summed E-state index contributed by atoms with van der Waals surface area (Å²) in [7, 11) is 2.26. The third-order valence-corrected chi connectivity index (χ3v) is 4.44. The van der Waals surface area contributed by atoms with Crippen LogP contribution in [0.4, 0.5) is 0 Å². The molecule has 19 heavy (non-hydrogen) atoms. The smallest absolute Gasteiger partial charge is 0.0217 e. The first-order chi connectivity index (χ1) is 9.08. The summed E-state index contributed by atoms with van der Waals surface area (Å²) in [5.74, 6) is 0. The summed E-state index contributed by atoms with van der Waals surface area (Å²) in [6, 6.07) is 5.30. The van der Waals surface area contributed by atoms with Crippen LogP contribution in [0.5, 0.6) is 0 Å². The van der Waals surface area contributed by atoms with Gasteiger partial charge in [-0.1, -0.05) is 24.1 Å². The Kier molecular flexibility index (Phi) is 5.00. The van der Waals surface area contributed by atoms with E-state index in [0.29, 0.717) is 0 Å². The Morgan fingerprint density at radius 3 is 2.47 bits per heavy atom. The maximum atomic E-state index is 3.66. The molecule has 0 saturated carbocycles. The molecule has 1 aliphatic heterocycles. The second-order valence-corrected chi connectivity index (χ2v) is 6.14. The van der Waals surface area contributed by atoms with Gasteiger partial charge in [0, 0.05) is 19.1 Å². The maximum absolute atomic E-state index is 3.66. The third kappa shape index (κ3) is 3.80. The van der Waals surface area contributed by atoms with Gasteiger partial charge >= 0.3 is 0 Å². The number of likely N-dealkylation sites (N-methyl/N-ethyl adjacent to an activating group) is 1. The van der Waals surface area contributed by atoms with Gasteiger partial charge < -0.3 is 10.2 Å². The van der Waals surface area contributed by atoms with E-state index in [0.717, 1.165) is 19.1 Å². The number of likely N-dealkylation sites (tertiary alicyclic amines) is 1. The highest BCUT2D eigenvalue weighted by Gasteiger charge is 2.18. The number of piperidine rings is 1. The molecule has 1 fully saturated rings. The van der Waals surface area contributed by atoms with Crippen molar-refractivity contribution < 1.29 is 0 Å². The minimum Gasteiger partial charge on any atom is -0.311 e. The Balaban J connectivity index is 1.89. The fourth-order valence-electron chi connectivity index (χ4n) is 3.25. The molecule has 1 saturated heterocycles. The number of nitrogens with zero attached hydrogens (tertiary/aromatic N) is 1. The standard InChI is InChI=1S/C17H28N2/c1-13-9-14(2)17(15(3)10-13)12-18-11-16-7-5-6-8-19(16)4/h9-10,16,18H,5-8,11-12H2,1-4H3. The van der Waals surface area contributed by atoms with Crippen LogP contribution in [0.3, 0.4) is 0 Å². The molecule has 1 aromatic rings. The van der Waals surface area contributed by atoms with Crippen molar-refractivity contribution in [2.45, 2.75) is 52.6 Å². The predicted octanol–water partition coefficient (Wildman–Crippen LogP) is 3.19. The van der Waals surface area contributed by atoms with E-state index in [4.69, 9.17) is 0 Å². The molecule has 0 radical (unpaired) electrons. The molecule has 0 aliphatic carbocycles. The molecule has 106 valence electrons. The van der Waals surface area contributed by atoms with Crippen molar-refractivity contribution in [3.05, 3.63) is 34.4 Å². The lowest BCUT2D eigenvalue weighted by Crippen LogP contribution is -2.42. The fourth-order valence-corrected chi connectivity index (χ4v) is 3.25. The maximum Gasteiger partial charge on any atom is 0.0217 e. The van der Waals surface area contributed by atoms with Crippen molar-refractivity contribution in [3.8, 4) is 0 Å². The predicted molar refractivity (Wildman–Crippen MR) is 82.6 cm³/mol. The van der Waals surface area contributed by atoms with Gasteiger partial charge in [0.2, 0.25) is 0 Å². The Labute approximate surface area is 118 Å². The van der Waals surface area contributed by atoms with Crippen molar-refractivity contribution in [3.63, 3.8) is 0 Å². The highest BCUT2D eigenvalue weighted by atomic mass is 15.2. The van der Waals surface area contributed by atoms with Gasteiger partial charge in [-0.2, -0.15) is 0 Å². The third-order valence-electron chi connectivity index (χ3n) is 4.44. The number of benzene rings is 1. The fraction of sp³-hybridized carbons (Fsp3) is 0.647. The van der Waals surface area contributed by atoms with Gasteiger partial charge in [0.1, 0.15) is 0 Å². The Morgan fingerprint density at radius 1 is 1.16 bits per heavy atom. The summed E-state index contributed by atoms with van der Waals surface area (Å²) in [4.78, 5) is 2.51. The van der Waals surface area contributed by atoms with E-state index in [-0.39, 0.29) is 0 Å². The molecule has 1 aromatic carbocycles. The number of aryl methyl sites for hydroxylation is 3. The molecule has 1 heterocycles. The molecule has 1 aliphatic rings. The highest BCUT2D eigenvalue weighted by molar-refractivity contribution is 5.37. The zero-order chi connectivity index (χ0) is 13.8. The van der Waals surface area contributed by atoms with E-state index < -0.39 is 0 Å². The molecule has 1 atom stereocenters. The first-order valence-corrected chi connectivity index (χ1v) is 7.55. The molecule has 0 amide bonds. The topological polar surface area (TPSA) is 15.3 Å². The van der Waals surface area contributed by atoms with Crippen LogP contribution >= 0.6 is 0 Å². The summed E-state index contributed by atoms with van der Waals surface area (Å²) in [6.07, 6.45) is 4.10. The summed E-state index contributed by atoms with van der Waals surface area (Å²) in [5, 5.41) is 3.66. The van der Waals surface area contributed by atoms with Crippen LogP contribution < -0.4 is 5.32 Å². The minimum absolute atomic E-state index is 0.722. The van der Waals surface area contributed by atoms with Gasteiger partial charge in [-0.05, 0) is 63.9 Å². The lowest BCUT2D eigenvalue weighted by atomic mass is 9.99. The van der Waals surface area contributed by atoms with E-state index >= 15 is 0 Å². The number of hydrogen-bond donors (Lipinski definition) is 1. The molecule has 2 nitrogen and oxygen atoms in total. The first kappa shape index (κ1) is 14.5. The Hall–Kier alpha value is -0.860.